The fraction of sp³-hybridized carbons (Fsp3) is 0.500. The van der Waals surface area contributed by atoms with Gasteiger partial charge in [-0.05, 0) is 19.1 Å². The van der Waals surface area contributed by atoms with Gasteiger partial charge in [0.2, 0.25) is 0 Å². The van der Waals surface area contributed by atoms with Gasteiger partial charge in [0.1, 0.15) is 18.0 Å². The van der Waals surface area contributed by atoms with Gasteiger partial charge in [-0.15, -0.1) is 0 Å². The highest BCUT2D eigenvalue weighted by Crippen LogP contribution is 2.40. The molecule has 1 aliphatic heterocycles. The Labute approximate surface area is 102 Å². The molecule has 6 heteroatoms. The lowest BCUT2D eigenvalue weighted by Gasteiger charge is -2.25. The van der Waals surface area contributed by atoms with Gasteiger partial charge in [0.05, 0.1) is 6.10 Å². The highest BCUT2D eigenvalue weighted by Gasteiger charge is 2.54. The molecule has 0 saturated carbocycles. The van der Waals surface area contributed by atoms with E-state index in [-0.39, 0.29) is 0 Å². The molecule has 2 N–H and O–H groups in total. The number of rotatable bonds is 2. The number of hydrogen-bond donors (Lipinski definition) is 2. The SMILES string of the molecule is CC1OC(C(F)(F)c2ccc(F)cc2)C(O)C1O. The number of halogens is 3. The lowest BCUT2D eigenvalue weighted by molar-refractivity contribution is -0.159. The number of ether oxygens (including phenoxy) is 1. The minimum absolute atomic E-state index is 0.464. The van der Waals surface area contributed by atoms with Crippen LogP contribution in [0.5, 0.6) is 0 Å². The van der Waals surface area contributed by atoms with Crippen LogP contribution < -0.4 is 0 Å². The van der Waals surface area contributed by atoms with E-state index in [2.05, 4.69) is 0 Å². The van der Waals surface area contributed by atoms with Crippen LogP contribution in [-0.4, -0.2) is 34.6 Å². The quantitative estimate of drug-likeness (QED) is 0.847. The normalized spacial score (nSPS) is 32.8. The van der Waals surface area contributed by atoms with Crippen molar-refractivity contribution in [3.05, 3.63) is 35.6 Å². The molecule has 1 heterocycles. The lowest BCUT2D eigenvalue weighted by atomic mass is 9.97. The molecule has 0 spiro atoms. The van der Waals surface area contributed by atoms with E-state index in [1.807, 2.05) is 0 Å². The van der Waals surface area contributed by atoms with Gasteiger partial charge in [0, 0.05) is 5.56 Å². The van der Waals surface area contributed by atoms with Gasteiger partial charge < -0.3 is 14.9 Å². The zero-order valence-corrected chi connectivity index (χ0v) is 9.56. The van der Waals surface area contributed by atoms with Crippen molar-refractivity contribution in [3.8, 4) is 0 Å². The van der Waals surface area contributed by atoms with Crippen LogP contribution in [0.1, 0.15) is 12.5 Å². The van der Waals surface area contributed by atoms with Gasteiger partial charge in [-0.2, -0.15) is 8.78 Å². The van der Waals surface area contributed by atoms with Gasteiger partial charge in [-0.25, -0.2) is 4.39 Å². The Morgan fingerprint density at radius 3 is 2.11 bits per heavy atom. The zero-order valence-electron chi connectivity index (χ0n) is 9.56. The minimum atomic E-state index is -3.50. The average molecular weight is 262 g/mol. The summed E-state index contributed by atoms with van der Waals surface area (Å²) in [4.78, 5) is 0. The first-order valence-corrected chi connectivity index (χ1v) is 5.49. The maximum absolute atomic E-state index is 14.1. The third-order valence-electron chi connectivity index (χ3n) is 3.09. The largest absolute Gasteiger partial charge is 0.388 e. The summed E-state index contributed by atoms with van der Waals surface area (Å²) in [5.74, 6) is -4.13. The standard InChI is InChI=1S/C12H13F3O3/c1-6-9(16)10(17)11(18-6)12(14,15)7-2-4-8(13)5-3-7/h2-6,9-11,16-17H,1H3. The molecule has 0 radical (unpaired) electrons. The Hall–Kier alpha value is -1.11. The van der Waals surface area contributed by atoms with Gasteiger partial charge in [-0.1, -0.05) is 12.1 Å². The first kappa shape index (κ1) is 13.3. The van der Waals surface area contributed by atoms with Crippen molar-refractivity contribution in [1.29, 1.82) is 0 Å². The van der Waals surface area contributed by atoms with Crippen LogP contribution in [0.25, 0.3) is 0 Å². The Morgan fingerprint density at radius 2 is 1.67 bits per heavy atom. The molecule has 3 nitrogen and oxygen atoms in total. The van der Waals surface area contributed by atoms with Crippen LogP contribution >= 0.6 is 0 Å². The summed E-state index contributed by atoms with van der Waals surface area (Å²) in [5.41, 5.74) is -0.464. The van der Waals surface area contributed by atoms with E-state index < -0.39 is 41.7 Å². The van der Waals surface area contributed by atoms with E-state index in [4.69, 9.17) is 4.74 Å². The van der Waals surface area contributed by atoms with Crippen molar-refractivity contribution in [2.24, 2.45) is 0 Å². The second kappa shape index (κ2) is 4.53. The van der Waals surface area contributed by atoms with Gasteiger partial charge in [0.25, 0.3) is 0 Å². The first-order valence-electron chi connectivity index (χ1n) is 5.49. The van der Waals surface area contributed by atoms with Crippen LogP contribution in [0.3, 0.4) is 0 Å². The summed E-state index contributed by atoms with van der Waals surface area (Å²) < 4.78 is 45.7. The molecule has 0 aromatic heterocycles. The summed E-state index contributed by atoms with van der Waals surface area (Å²) in [6.07, 6.45) is -5.76. The third-order valence-corrected chi connectivity index (χ3v) is 3.09. The smallest absolute Gasteiger partial charge is 0.301 e. The van der Waals surface area contributed by atoms with E-state index in [0.717, 1.165) is 24.3 Å². The number of hydrogen-bond acceptors (Lipinski definition) is 3. The van der Waals surface area contributed by atoms with Crippen molar-refractivity contribution >= 4 is 0 Å². The number of alkyl halides is 2. The van der Waals surface area contributed by atoms with Gasteiger partial charge in [-0.3, -0.25) is 0 Å². The van der Waals surface area contributed by atoms with Crippen LogP contribution in [0.2, 0.25) is 0 Å². The van der Waals surface area contributed by atoms with Crippen molar-refractivity contribution < 1.29 is 28.1 Å². The Morgan fingerprint density at radius 1 is 1.11 bits per heavy atom. The summed E-state index contributed by atoms with van der Waals surface area (Å²) >= 11 is 0. The molecule has 1 fully saturated rings. The molecule has 1 saturated heterocycles. The molecule has 1 aromatic rings. The molecule has 2 rings (SSSR count). The molecule has 1 aliphatic rings. The molecular formula is C12H13F3O3. The molecule has 18 heavy (non-hydrogen) atoms. The summed E-state index contributed by atoms with van der Waals surface area (Å²) in [6.45, 7) is 1.40. The zero-order chi connectivity index (χ0) is 13.5. The fourth-order valence-corrected chi connectivity index (χ4v) is 1.99. The van der Waals surface area contributed by atoms with E-state index >= 15 is 0 Å². The van der Waals surface area contributed by atoms with E-state index in [1.54, 1.807) is 0 Å². The van der Waals surface area contributed by atoms with Crippen molar-refractivity contribution in [1.82, 2.24) is 0 Å². The van der Waals surface area contributed by atoms with E-state index in [0.29, 0.717) is 0 Å². The van der Waals surface area contributed by atoms with Crippen molar-refractivity contribution in [2.75, 3.05) is 0 Å². The fourth-order valence-electron chi connectivity index (χ4n) is 1.99. The van der Waals surface area contributed by atoms with Crippen LogP contribution in [-0.2, 0) is 10.7 Å². The first-order chi connectivity index (χ1) is 8.34. The molecule has 0 aliphatic carbocycles. The Kier molecular flexibility index (Phi) is 3.35. The van der Waals surface area contributed by atoms with Crippen molar-refractivity contribution in [3.63, 3.8) is 0 Å². The highest BCUT2D eigenvalue weighted by atomic mass is 19.3. The molecule has 4 unspecified atom stereocenters. The minimum Gasteiger partial charge on any atom is -0.388 e. The molecular weight excluding hydrogens is 249 g/mol. The van der Waals surface area contributed by atoms with Crippen LogP contribution in [0.15, 0.2) is 24.3 Å². The Bertz CT molecular complexity index is 421. The summed E-state index contributed by atoms with van der Waals surface area (Å²) in [6, 6.07) is 3.68. The highest BCUT2D eigenvalue weighted by molar-refractivity contribution is 5.23. The lowest BCUT2D eigenvalue weighted by Crippen LogP contribution is -2.41. The monoisotopic (exact) mass is 262 g/mol. The molecule has 4 atom stereocenters. The van der Waals surface area contributed by atoms with Crippen molar-refractivity contribution in [2.45, 2.75) is 37.3 Å². The van der Waals surface area contributed by atoms with E-state index in [1.165, 1.54) is 6.92 Å². The summed E-state index contributed by atoms with van der Waals surface area (Å²) in [5, 5.41) is 19.0. The van der Waals surface area contributed by atoms with E-state index in [9.17, 15) is 23.4 Å². The molecule has 1 aromatic carbocycles. The molecule has 100 valence electrons. The maximum atomic E-state index is 14.1. The number of benzene rings is 1. The van der Waals surface area contributed by atoms with Gasteiger partial charge in [0.15, 0.2) is 6.10 Å². The molecule has 0 amide bonds. The second-order valence-electron chi connectivity index (χ2n) is 4.37. The predicted molar refractivity (Wildman–Crippen MR) is 56.6 cm³/mol. The van der Waals surface area contributed by atoms with Crippen LogP contribution in [0, 0.1) is 5.82 Å². The second-order valence-corrected chi connectivity index (χ2v) is 4.37. The number of aliphatic hydroxyl groups excluding tert-OH is 2. The predicted octanol–water partition coefficient (Wildman–Crippen LogP) is 1.43. The third kappa shape index (κ3) is 2.11. The van der Waals surface area contributed by atoms with Gasteiger partial charge >= 0.3 is 5.92 Å². The summed E-state index contributed by atoms with van der Waals surface area (Å²) in [7, 11) is 0. The topological polar surface area (TPSA) is 49.7 Å². The Balaban J connectivity index is 2.28. The maximum Gasteiger partial charge on any atom is 0.301 e. The van der Waals surface area contributed by atoms with Crippen LogP contribution in [0.4, 0.5) is 13.2 Å². The molecule has 0 bridgehead atoms. The average Bonchev–Trinajstić information content (AvgIpc) is 2.58. The number of aliphatic hydroxyl groups is 2.